The van der Waals surface area contributed by atoms with Crippen molar-refractivity contribution in [3.63, 3.8) is 0 Å². The van der Waals surface area contributed by atoms with Crippen LogP contribution < -0.4 is 5.32 Å². The van der Waals surface area contributed by atoms with Gasteiger partial charge in [0.1, 0.15) is 73.2 Å². The molecule has 3 fully saturated rings. The van der Waals surface area contributed by atoms with Crippen molar-refractivity contribution in [2.24, 2.45) is 0 Å². The number of carbonyl (C=O) groups excluding carboxylic acids is 1. The third-order valence-electron chi connectivity index (χ3n) is 21.4. The summed E-state index contributed by atoms with van der Waals surface area (Å²) < 4.78 is 34.4. The molecule has 0 saturated carbocycles. The van der Waals surface area contributed by atoms with Crippen molar-refractivity contribution in [2.75, 3.05) is 26.4 Å². The number of allylic oxidation sites excluding steroid dienone is 5. The topological polar surface area (TPSA) is 307 Å². The smallest absolute Gasteiger partial charge is 0.220 e. The zero-order chi connectivity index (χ0) is 74.6. The van der Waals surface area contributed by atoms with E-state index in [2.05, 4.69) is 43.5 Å². The van der Waals surface area contributed by atoms with Crippen molar-refractivity contribution in [1.29, 1.82) is 0 Å². The van der Waals surface area contributed by atoms with Gasteiger partial charge in [-0.2, -0.15) is 0 Å². The van der Waals surface area contributed by atoms with Gasteiger partial charge in [-0.3, -0.25) is 4.79 Å². The molecular weight excluding hydrogens is 1310 g/mol. The molecule has 0 spiro atoms. The van der Waals surface area contributed by atoms with Crippen molar-refractivity contribution < 1.29 is 89.4 Å². The lowest BCUT2D eigenvalue weighted by Gasteiger charge is -2.48. The molecule has 19 nitrogen and oxygen atoms in total. The van der Waals surface area contributed by atoms with Crippen LogP contribution in [-0.2, 0) is 33.2 Å². The summed E-state index contributed by atoms with van der Waals surface area (Å²) in [7, 11) is 0. The van der Waals surface area contributed by atoms with Gasteiger partial charge in [0.05, 0.1) is 38.6 Å². The van der Waals surface area contributed by atoms with E-state index in [9.17, 15) is 61.0 Å². The molecule has 3 saturated heterocycles. The molecule has 17 atom stereocenters. The molecule has 3 aliphatic heterocycles. The highest BCUT2D eigenvalue weighted by Gasteiger charge is 2.54. The zero-order valence-electron chi connectivity index (χ0n) is 65.1. The van der Waals surface area contributed by atoms with E-state index in [4.69, 9.17) is 28.4 Å². The van der Waals surface area contributed by atoms with Crippen molar-refractivity contribution >= 4 is 5.91 Å². The van der Waals surface area contributed by atoms with Crippen LogP contribution in [0.25, 0.3) is 0 Å². The van der Waals surface area contributed by atoms with Crippen LogP contribution in [0.5, 0.6) is 0 Å². The second kappa shape index (κ2) is 64.8. The van der Waals surface area contributed by atoms with Gasteiger partial charge in [-0.05, 0) is 44.9 Å². The molecule has 1 amide bonds. The van der Waals surface area contributed by atoms with E-state index in [1.54, 1.807) is 6.08 Å². The van der Waals surface area contributed by atoms with Gasteiger partial charge in [0.15, 0.2) is 18.9 Å². The van der Waals surface area contributed by atoms with Crippen molar-refractivity contribution in [3.05, 3.63) is 36.5 Å². The van der Waals surface area contributed by atoms with Crippen LogP contribution in [0.1, 0.15) is 361 Å². The standard InChI is InChI=1S/C84H157NO18/c1-3-5-7-9-11-13-15-17-19-21-22-23-24-25-26-27-28-29-30-31-32-33-34-35-36-37-38-39-40-41-42-43-44-46-48-50-52-54-56-58-60-62-72(90)85-67(68(89)61-59-57-55-53-51-49-47-45-20-18-16-14-12-10-8-6-4-2)66-98-82-78(96)75(93)80(70(64-87)100-82)103-84-79(97)76(94)81(71(65-88)101-84)102-83-77(95)74(92)73(91)69(63-86)99-83/h20,45,51,53,59,61,67-71,73-84,86-89,91-97H,3-19,21-44,46-50,52,54-58,60,62-66H2,1-2H3,(H,85,90)/b45-20+,53-51+,61-59+. The number of ether oxygens (including phenoxy) is 6. The Bertz CT molecular complexity index is 2000. The Hall–Kier alpha value is -1.99. The lowest BCUT2D eigenvalue weighted by molar-refractivity contribution is -0.379. The van der Waals surface area contributed by atoms with Gasteiger partial charge in [0, 0.05) is 6.42 Å². The Morgan fingerprint density at radius 3 is 0.971 bits per heavy atom. The summed E-state index contributed by atoms with van der Waals surface area (Å²) in [4.78, 5) is 13.5. The maximum absolute atomic E-state index is 13.5. The highest BCUT2D eigenvalue weighted by Crippen LogP contribution is 2.33. The molecule has 3 heterocycles. The molecule has 3 rings (SSSR count). The molecule has 3 aliphatic rings. The quantitative estimate of drug-likeness (QED) is 0.0199. The van der Waals surface area contributed by atoms with Gasteiger partial charge >= 0.3 is 0 Å². The lowest BCUT2D eigenvalue weighted by Crippen LogP contribution is -2.66. The van der Waals surface area contributed by atoms with Gasteiger partial charge in [0.25, 0.3) is 0 Å². The van der Waals surface area contributed by atoms with Crippen LogP contribution in [-0.4, -0.2) is 193 Å². The van der Waals surface area contributed by atoms with E-state index < -0.39 is 124 Å². The summed E-state index contributed by atoms with van der Waals surface area (Å²) in [5, 5.41) is 121. The molecule has 0 radical (unpaired) electrons. The van der Waals surface area contributed by atoms with E-state index in [1.165, 1.54) is 283 Å². The Balaban J connectivity index is 1.28. The fourth-order valence-electron chi connectivity index (χ4n) is 14.6. The van der Waals surface area contributed by atoms with Gasteiger partial charge in [0.2, 0.25) is 5.91 Å². The summed E-state index contributed by atoms with van der Waals surface area (Å²) in [6.45, 7) is 1.74. The van der Waals surface area contributed by atoms with Gasteiger partial charge < -0.3 is 89.9 Å². The van der Waals surface area contributed by atoms with Crippen molar-refractivity contribution in [1.82, 2.24) is 5.32 Å². The van der Waals surface area contributed by atoms with Crippen molar-refractivity contribution in [2.45, 2.75) is 465 Å². The average molecular weight is 1470 g/mol. The number of aliphatic hydroxyl groups excluding tert-OH is 11. The predicted molar refractivity (Wildman–Crippen MR) is 411 cm³/mol. The predicted octanol–water partition coefficient (Wildman–Crippen LogP) is 15.1. The van der Waals surface area contributed by atoms with E-state index in [-0.39, 0.29) is 18.9 Å². The number of hydrogen-bond donors (Lipinski definition) is 12. The first kappa shape index (κ1) is 95.2. The first-order chi connectivity index (χ1) is 50.3. The molecule has 12 N–H and O–H groups in total. The lowest BCUT2D eigenvalue weighted by atomic mass is 9.96. The van der Waals surface area contributed by atoms with E-state index in [1.807, 2.05) is 6.08 Å². The third kappa shape index (κ3) is 44.5. The molecule has 606 valence electrons. The number of rotatable bonds is 69. The van der Waals surface area contributed by atoms with E-state index in [0.717, 1.165) is 44.9 Å². The van der Waals surface area contributed by atoms with Gasteiger partial charge in [-0.25, -0.2) is 0 Å². The number of amides is 1. The first-order valence-corrected chi connectivity index (χ1v) is 42.7. The molecule has 19 heteroatoms. The van der Waals surface area contributed by atoms with Gasteiger partial charge in [-0.1, -0.05) is 346 Å². The highest BCUT2D eigenvalue weighted by atomic mass is 16.8. The SMILES string of the molecule is CCCCCCCCC/C=C/CC/C=C/CC/C=C/C(O)C(COC1OC(CO)C(OC2OC(CO)C(OC3OC(CO)C(O)C(O)C3O)C(O)C2O)C(O)C1O)NC(=O)CCCCCCCCCCCCCCCCCCCCCCCCCCCCCCCCCCCCCCCCCCC. The van der Waals surface area contributed by atoms with Crippen molar-refractivity contribution in [3.8, 4) is 0 Å². The second-order valence-corrected chi connectivity index (χ2v) is 30.6. The molecule has 0 aromatic heterocycles. The highest BCUT2D eigenvalue weighted by molar-refractivity contribution is 5.76. The Morgan fingerprint density at radius 2 is 0.621 bits per heavy atom. The first-order valence-electron chi connectivity index (χ1n) is 42.7. The van der Waals surface area contributed by atoms with Crippen LogP contribution in [0.4, 0.5) is 0 Å². The molecule has 103 heavy (non-hydrogen) atoms. The Labute approximate surface area is 625 Å². The minimum absolute atomic E-state index is 0.236. The molecular formula is C84H157NO18. The van der Waals surface area contributed by atoms with Crippen LogP contribution in [0.3, 0.4) is 0 Å². The number of nitrogens with one attached hydrogen (secondary N) is 1. The summed E-state index contributed by atoms with van der Waals surface area (Å²) in [5.41, 5.74) is 0. The normalized spacial score (nSPS) is 26.2. The van der Waals surface area contributed by atoms with Crippen LogP contribution in [0.15, 0.2) is 36.5 Å². The second-order valence-electron chi connectivity index (χ2n) is 30.6. The monoisotopic (exact) mass is 1470 g/mol. The minimum Gasteiger partial charge on any atom is -0.394 e. The van der Waals surface area contributed by atoms with E-state index >= 15 is 0 Å². The Kier molecular flexibility index (Phi) is 59.9. The largest absolute Gasteiger partial charge is 0.394 e. The van der Waals surface area contributed by atoms with Crippen LogP contribution >= 0.6 is 0 Å². The number of hydrogen-bond acceptors (Lipinski definition) is 18. The molecule has 0 aromatic rings. The zero-order valence-corrected chi connectivity index (χ0v) is 65.1. The summed E-state index contributed by atoms with van der Waals surface area (Å²) in [6.07, 6.45) is 54.7. The molecule has 0 aliphatic carbocycles. The Morgan fingerprint density at radius 1 is 0.340 bits per heavy atom. The molecule has 0 aromatic carbocycles. The number of carbonyl (C=O) groups is 1. The number of unbranched alkanes of at least 4 members (excludes halogenated alkanes) is 49. The summed E-state index contributed by atoms with van der Waals surface area (Å²) in [6, 6.07) is -0.995. The van der Waals surface area contributed by atoms with E-state index in [0.29, 0.717) is 12.8 Å². The van der Waals surface area contributed by atoms with Crippen LogP contribution in [0.2, 0.25) is 0 Å². The van der Waals surface area contributed by atoms with Crippen LogP contribution in [0, 0.1) is 0 Å². The average Bonchev–Trinajstić information content (AvgIpc) is 0.781. The summed E-state index contributed by atoms with van der Waals surface area (Å²) in [5.74, 6) is -0.283. The molecule has 0 bridgehead atoms. The fourth-order valence-corrected chi connectivity index (χ4v) is 14.6. The maximum atomic E-state index is 13.5. The fraction of sp³-hybridized carbons (Fsp3) is 0.917. The molecule has 17 unspecified atom stereocenters. The summed E-state index contributed by atoms with van der Waals surface area (Å²) >= 11 is 0. The third-order valence-corrected chi connectivity index (χ3v) is 21.4. The minimum atomic E-state index is -1.98. The maximum Gasteiger partial charge on any atom is 0.220 e. The van der Waals surface area contributed by atoms with Gasteiger partial charge in [-0.15, -0.1) is 0 Å². The number of aliphatic hydroxyl groups is 11.